The zero-order valence-electron chi connectivity index (χ0n) is 15.4. The Kier molecular flexibility index (Phi) is 6.42. The van der Waals surface area contributed by atoms with Gasteiger partial charge in [-0.05, 0) is 46.3 Å². The zero-order chi connectivity index (χ0) is 18.2. The van der Waals surface area contributed by atoms with Crippen LogP contribution in [0.15, 0.2) is 59.3 Å². The Balaban J connectivity index is 1.55. The van der Waals surface area contributed by atoms with Crippen molar-refractivity contribution in [2.24, 2.45) is 0 Å². The highest BCUT2D eigenvalue weighted by molar-refractivity contribution is 5.64. The number of hydrogen-bond acceptors (Lipinski definition) is 3. The molecule has 4 nitrogen and oxygen atoms in total. The first-order chi connectivity index (χ1) is 12.8. The molecule has 3 aromatic rings. The number of benzene rings is 2. The number of rotatable bonds is 9. The van der Waals surface area contributed by atoms with Gasteiger partial charge in [-0.2, -0.15) is 0 Å². The molecule has 0 amide bonds. The van der Waals surface area contributed by atoms with Crippen molar-refractivity contribution in [3.8, 4) is 22.8 Å². The van der Waals surface area contributed by atoms with Crippen molar-refractivity contribution < 1.29 is 14.3 Å². The van der Waals surface area contributed by atoms with Crippen LogP contribution in [0.4, 0.5) is 0 Å². The van der Waals surface area contributed by atoms with Gasteiger partial charge in [-0.15, -0.1) is 0 Å². The second-order valence-corrected chi connectivity index (χ2v) is 6.73. The van der Waals surface area contributed by atoms with Crippen LogP contribution in [0.3, 0.4) is 0 Å². The molecule has 0 spiro atoms. The number of aryl methyl sites for hydroxylation is 1. The smallest absolute Gasteiger partial charge is 0.239 e. The summed E-state index contributed by atoms with van der Waals surface area (Å²) in [7, 11) is 0. The van der Waals surface area contributed by atoms with E-state index in [1.165, 1.54) is 60.5 Å². The monoisotopic (exact) mass is 350 g/mol. The molecule has 0 aliphatic carbocycles. The van der Waals surface area contributed by atoms with Gasteiger partial charge in [0.1, 0.15) is 5.95 Å². The predicted octanol–water partition coefficient (Wildman–Crippen LogP) is 4.59. The van der Waals surface area contributed by atoms with Crippen LogP contribution in [0.1, 0.15) is 51.0 Å². The van der Waals surface area contributed by atoms with Crippen molar-refractivity contribution in [1.29, 1.82) is 0 Å². The maximum Gasteiger partial charge on any atom is 0.239 e. The molecule has 26 heavy (non-hydrogen) atoms. The fourth-order valence-corrected chi connectivity index (χ4v) is 3.13. The lowest BCUT2D eigenvalue weighted by atomic mass is 10.0. The van der Waals surface area contributed by atoms with E-state index in [0.717, 1.165) is 17.7 Å². The fraction of sp³-hybridized carbons (Fsp3) is 0.364. The molecule has 0 saturated heterocycles. The van der Waals surface area contributed by atoms with Crippen LogP contribution in [-0.2, 0) is 6.42 Å². The lowest BCUT2D eigenvalue weighted by molar-refractivity contribution is -0.670. The molecule has 0 aliphatic heterocycles. The van der Waals surface area contributed by atoms with E-state index in [2.05, 4.69) is 41.0 Å². The van der Waals surface area contributed by atoms with Crippen LogP contribution in [0, 0.1) is 0 Å². The van der Waals surface area contributed by atoms with Gasteiger partial charge >= 0.3 is 0 Å². The van der Waals surface area contributed by atoms with Gasteiger partial charge in [-0.1, -0.05) is 63.3 Å². The van der Waals surface area contributed by atoms with Gasteiger partial charge in [-0.3, -0.25) is 0 Å². The molecule has 0 fully saturated rings. The van der Waals surface area contributed by atoms with Crippen LogP contribution in [0.5, 0.6) is 5.95 Å². The lowest BCUT2D eigenvalue weighted by Gasteiger charge is -2.05. The molecule has 0 saturated carbocycles. The first-order valence-corrected chi connectivity index (χ1v) is 9.51. The minimum atomic E-state index is -0.449. The SMILES string of the molecule is CCCCCCCCc1ccc(-c2ccc(-[n+]3cc([O-])on3)cc2)cc1. The molecule has 2 aromatic carbocycles. The number of nitrogens with zero attached hydrogens (tertiary/aromatic N) is 2. The second kappa shape index (κ2) is 9.18. The van der Waals surface area contributed by atoms with Crippen molar-refractivity contribution in [2.45, 2.75) is 51.9 Å². The first-order valence-electron chi connectivity index (χ1n) is 9.51. The minimum absolute atomic E-state index is 0.449. The van der Waals surface area contributed by atoms with E-state index < -0.39 is 5.95 Å². The average molecular weight is 350 g/mol. The standard InChI is InChI=1S/C22H26N2O2/c1-2-3-4-5-6-7-8-18-9-11-19(12-10-18)20-13-15-21(16-14-20)24-17-22(25)26-23-24/h9-17H,2-8H2,1H3. The van der Waals surface area contributed by atoms with Crippen molar-refractivity contribution in [2.75, 3.05) is 0 Å². The third kappa shape index (κ3) is 4.94. The van der Waals surface area contributed by atoms with Gasteiger partial charge in [0.15, 0.2) is 0 Å². The molecule has 0 aliphatic rings. The van der Waals surface area contributed by atoms with E-state index in [4.69, 9.17) is 0 Å². The molecule has 1 heterocycles. The van der Waals surface area contributed by atoms with Crippen LogP contribution < -0.4 is 9.79 Å². The fourth-order valence-electron chi connectivity index (χ4n) is 3.13. The third-order valence-electron chi connectivity index (χ3n) is 4.68. The Hall–Kier alpha value is -2.62. The van der Waals surface area contributed by atoms with E-state index >= 15 is 0 Å². The maximum absolute atomic E-state index is 11.1. The number of aromatic nitrogens is 2. The molecule has 1 aromatic heterocycles. The summed E-state index contributed by atoms with van der Waals surface area (Å²) < 4.78 is 6.00. The van der Waals surface area contributed by atoms with Gasteiger partial charge < -0.3 is 9.63 Å². The highest BCUT2D eigenvalue weighted by atomic mass is 16.6. The van der Waals surface area contributed by atoms with E-state index in [-0.39, 0.29) is 0 Å². The van der Waals surface area contributed by atoms with Crippen LogP contribution in [0.2, 0.25) is 0 Å². The Morgan fingerprint density at radius 1 is 0.846 bits per heavy atom. The summed E-state index contributed by atoms with van der Waals surface area (Å²) >= 11 is 0. The first kappa shape index (κ1) is 18.2. The summed E-state index contributed by atoms with van der Waals surface area (Å²) in [4.78, 5) is 0. The van der Waals surface area contributed by atoms with E-state index in [0.29, 0.717) is 0 Å². The maximum atomic E-state index is 11.1. The quantitative estimate of drug-likeness (QED) is 0.419. The average Bonchev–Trinajstić information content (AvgIpc) is 3.12. The molecule has 0 atom stereocenters. The third-order valence-corrected chi connectivity index (χ3v) is 4.68. The van der Waals surface area contributed by atoms with Gasteiger partial charge in [0.25, 0.3) is 0 Å². The van der Waals surface area contributed by atoms with Gasteiger partial charge in [0.05, 0.1) is 5.27 Å². The molecule has 0 radical (unpaired) electrons. The molecular weight excluding hydrogens is 324 g/mol. The number of hydrogen-bond donors (Lipinski definition) is 0. The van der Waals surface area contributed by atoms with Crippen molar-refractivity contribution in [3.63, 3.8) is 0 Å². The molecule has 0 unspecified atom stereocenters. The van der Waals surface area contributed by atoms with Crippen molar-refractivity contribution in [3.05, 3.63) is 60.3 Å². The summed E-state index contributed by atoms with van der Waals surface area (Å²) in [6.07, 6.45) is 10.5. The van der Waals surface area contributed by atoms with Gasteiger partial charge in [0.2, 0.25) is 11.9 Å². The summed E-state index contributed by atoms with van der Waals surface area (Å²) in [5.41, 5.74) is 4.55. The predicted molar refractivity (Wildman–Crippen MR) is 100.0 cm³/mol. The highest BCUT2D eigenvalue weighted by Crippen LogP contribution is 2.21. The largest absolute Gasteiger partial charge is 0.539 e. The summed E-state index contributed by atoms with van der Waals surface area (Å²) in [5.74, 6) is -0.449. The molecule has 0 N–H and O–H groups in total. The molecule has 3 rings (SSSR count). The Bertz CT molecular complexity index is 792. The van der Waals surface area contributed by atoms with Crippen molar-refractivity contribution >= 4 is 0 Å². The molecular formula is C22H26N2O2. The number of unbranched alkanes of at least 4 members (excludes halogenated alkanes) is 5. The zero-order valence-corrected chi connectivity index (χ0v) is 15.4. The van der Waals surface area contributed by atoms with Crippen LogP contribution in [0.25, 0.3) is 16.8 Å². The molecule has 136 valence electrons. The van der Waals surface area contributed by atoms with Crippen LogP contribution >= 0.6 is 0 Å². The molecule has 4 heteroatoms. The Labute approximate surface area is 155 Å². The summed E-state index contributed by atoms with van der Waals surface area (Å²) in [6, 6.07) is 16.7. The minimum Gasteiger partial charge on any atom is -0.539 e. The van der Waals surface area contributed by atoms with Crippen LogP contribution in [-0.4, -0.2) is 5.27 Å². The Morgan fingerprint density at radius 3 is 2.08 bits per heavy atom. The van der Waals surface area contributed by atoms with E-state index in [9.17, 15) is 5.11 Å². The van der Waals surface area contributed by atoms with E-state index in [1.807, 2.05) is 24.3 Å². The topological polar surface area (TPSA) is 53.0 Å². The summed E-state index contributed by atoms with van der Waals surface area (Å²) in [5, 5.41) is 14.8. The summed E-state index contributed by atoms with van der Waals surface area (Å²) in [6.45, 7) is 2.25. The lowest BCUT2D eigenvalue weighted by Crippen LogP contribution is -2.31. The Morgan fingerprint density at radius 2 is 1.46 bits per heavy atom. The normalized spacial score (nSPS) is 11.0. The second-order valence-electron chi connectivity index (χ2n) is 6.73. The van der Waals surface area contributed by atoms with Crippen molar-refractivity contribution in [1.82, 2.24) is 5.27 Å². The van der Waals surface area contributed by atoms with E-state index in [1.54, 1.807) is 0 Å². The highest BCUT2D eigenvalue weighted by Gasteiger charge is 2.09. The van der Waals surface area contributed by atoms with Gasteiger partial charge in [0, 0.05) is 12.1 Å². The molecule has 0 bridgehead atoms. The van der Waals surface area contributed by atoms with Gasteiger partial charge in [-0.25, -0.2) is 0 Å².